The summed E-state index contributed by atoms with van der Waals surface area (Å²) >= 11 is 5.61. The summed E-state index contributed by atoms with van der Waals surface area (Å²) in [5, 5.41) is 13.1. The van der Waals surface area contributed by atoms with Crippen molar-refractivity contribution in [3.05, 3.63) is 65.1 Å². The van der Waals surface area contributed by atoms with Crippen molar-refractivity contribution < 1.29 is 18.6 Å². The van der Waals surface area contributed by atoms with E-state index in [4.69, 9.17) is 21.4 Å². The smallest absolute Gasteiger partial charge is 0.255 e. The maximum Gasteiger partial charge on any atom is 0.255 e. The van der Waals surface area contributed by atoms with Crippen LogP contribution < -0.4 is 4.74 Å². The minimum absolute atomic E-state index is 0.0133. The third-order valence-corrected chi connectivity index (χ3v) is 3.40. The van der Waals surface area contributed by atoms with E-state index < -0.39 is 11.6 Å². The second-order valence-corrected chi connectivity index (χ2v) is 5.36. The summed E-state index contributed by atoms with van der Waals surface area (Å²) in [5.41, 5.74) is 0.987. The number of ether oxygens (including phenoxy) is 1. The van der Waals surface area contributed by atoms with Gasteiger partial charge in [0.2, 0.25) is 0 Å². The molecule has 5 nitrogen and oxygen atoms in total. The lowest BCUT2D eigenvalue weighted by atomic mass is 10.2. The molecule has 0 aliphatic carbocycles. The summed E-state index contributed by atoms with van der Waals surface area (Å²) in [6.07, 6.45) is 4.84. The van der Waals surface area contributed by atoms with Crippen molar-refractivity contribution in [1.82, 2.24) is 14.8 Å². The molecule has 124 valence electrons. The highest BCUT2D eigenvalue weighted by Gasteiger charge is 2.11. The first-order valence-corrected chi connectivity index (χ1v) is 7.38. The second-order valence-electron chi connectivity index (χ2n) is 4.92. The van der Waals surface area contributed by atoms with E-state index >= 15 is 0 Å². The van der Waals surface area contributed by atoms with Gasteiger partial charge in [0.1, 0.15) is 11.4 Å². The maximum absolute atomic E-state index is 14.3. The lowest BCUT2D eigenvalue weighted by Gasteiger charge is -2.08. The molecule has 2 heterocycles. The maximum atomic E-state index is 14.3. The molecule has 3 rings (SSSR count). The summed E-state index contributed by atoms with van der Waals surface area (Å²) in [6.45, 7) is -0.0133. The zero-order valence-corrected chi connectivity index (χ0v) is 13.0. The Kier molecular flexibility index (Phi) is 4.73. The van der Waals surface area contributed by atoms with Crippen molar-refractivity contribution in [2.45, 2.75) is 6.42 Å². The van der Waals surface area contributed by atoms with Gasteiger partial charge in [0.25, 0.3) is 5.88 Å². The lowest BCUT2D eigenvalue weighted by Crippen LogP contribution is -1.99. The average molecular weight is 352 g/mol. The van der Waals surface area contributed by atoms with Gasteiger partial charge in [-0.15, -0.1) is 0 Å². The summed E-state index contributed by atoms with van der Waals surface area (Å²) in [7, 11) is 0. The molecule has 0 saturated carbocycles. The third kappa shape index (κ3) is 3.52. The van der Waals surface area contributed by atoms with E-state index in [9.17, 15) is 8.78 Å². The molecule has 0 spiro atoms. The molecule has 2 aromatic heterocycles. The lowest BCUT2D eigenvalue weighted by molar-refractivity contribution is 0.299. The Morgan fingerprint density at radius 3 is 2.71 bits per heavy atom. The summed E-state index contributed by atoms with van der Waals surface area (Å²) in [5.74, 6) is -1.54. The quantitative estimate of drug-likeness (QED) is 0.764. The van der Waals surface area contributed by atoms with Crippen LogP contribution in [-0.4, -0.2) is 26.5 Å². The van der Waals surface area contributed by atoms with Gasteiger partial charge in [0.05, 0.1) is 11.2 Å². The summed E-state index contributed by atoms with van der Waals surface area (Å²) < 4.78 is 34.5. The van der Waals surface area contributed by atoms with Crippen LogP contribution in [0.4, 0.5) is 8.78 Å². The molecule has 24 heavy (non-hydrogen) atoms. The molecule has 1 aromatic carbocycles. The Morgan fingerprint density at radius 1 is 1.17 bits per heavy atom. The topological polar surface area (TPSA) is 60.2 Å². The van der Waals surface area contributed by atoms with E-state index in [2.05, 4.69) is 10.1 Å². The Morgan fingerprint density at radius 2 is 2.00 bits per heavy atom. The van der Waals surface area contributed by atoms with E-state index in [1.165, 1.54) is 23.0 Å². The van der Waals surface area contributed by atoms with Crippen LogP contribution in [-0.2, 0) is 6.42 Å². The monoisotopic (exact) mass is 351 g/mol. The van der Waals surface area contributed by atoms with Crippen LogP contribution in [0.5, 0.6) is 11.6 Å². The van der Waals surface area contributed by atoms with Gasteiger partial charge in [-0.25, -0.2) is 18.4 Å². The zero-order valence-electron chi connectivity index (χ0n) is 12.3. The molecule has 0 bridgehead atoms. The van der Waals surface area contributed by atoms with Crippen molar-refractivity contribution in [3.63, 3.8) is 0 Å². The van der Waals surface area contributed by atoms with Gasteiger partial charge in [0.15, 0.2) is 11.6 Å². The number of aliphatic hydroxyl groups excluding tert-OH is 1. The first kappa shape index (κ1) is 16.4. The predicted octanol–water partition coefficient (Wildman–Crippen LogP) is 3.53. The summed E-state index contributed by atoms with van der Waals surface area (Å²) in [6, 6.07) is 5.09. The fourth-order valence-electron chi connectivity index (χ4n) is 2.08. The number of halogens is 3. The van der Waals surface area contributed by atoms with Gasteiger partial charge in [0, 0.05) is 25.1 Å². The molecule has 0 aliphatic heterocycles. The number of aromatic nitrogens is 3. The highest BCUT2D eigenvalue weighted by molar-refractivity contribution is 6.30. The largest absolute Gasteiger partial charge is 0.436 e. The van der Waals surface area contributed by atoms with Gasteiger partial charge < -0.3 is 9.84 Å². The van der Waals surface area contributed by atoms with E-state index in [1.807, 2.05) is 0 Å². The summed E-state index contributed by atoms with van der Waals surface area (Å²) in [4.78, 5) is 3.71. The zero-order chi connectivity index (χ0) is 17.1. The molecule has 8 heteroatoms. The third-order valence-electron chi connectivity index (χ3n) is 3.19. The number of pyridine rings is 1. The number of rotatable bonds is 5. The van der Waals surface area contributed by atoms with E-state index in [1.54, 1.807) is 12.4 Å². The molecule has 0 saturated heterocycles. The van der Waals surface area contributed by atoms with Gasteiger partial charge >= 0.3 is 0 Å². The minimum atomic E-state index is -0.743. The van der Waals surface area contributed by atoms with Crippen LogP contribution >= 0.6 is 11.6 Å². The molecule has 0 atom stereocenters. The molecular weight excluding hydrogens is 340 g/mol. The average Bonchev–Trinajstić information content (AvgIpc) is 2.99. The number of aliphatic hydroxyl groups is 1. The van der Waals surface area contributed by atoms with Crippen molar-refractivity contribution in [3.8, 4) is 17.3 Å². The number of hydrogen-bond acceptors (Lipinski definition) is 4. The van der Waals surface area contributed by atoms with E-state index in [0.717, 1.165) is 17.7 Å². The highest BCUT2D eigenvalue weighted by Crippen LogP contribution is 2.26. The SMILES string of the molecule is OCCc1cnn(-c2ccc(Oc3ncc(Cl)cc3F)cc2F)c1. The van der Waals surface area contributed by atoms with Gasteiger partial charge in [-0.05, 0) is 30.2 Å². The molecule has 0 amide bonds. The van der Waals surface area contributed by atoms with Crippen LogP contribution in [0.15, 0.2) is 42.9 Å². The molecule has 3 aromatic rings. The molecule has 0 fully saturated rings. The highest BCUT2D eigenvalue weighted by atomic mass is 35.5. The second kappa shape index (κ2) is 6.94. The fraction of sp³-hybridized carbons (Fsp3) is 0.125. The molecule has 1 N–H and O–H groups in total. The molecule has 0 radical (unpaired) electrons. The van der Waals surface area contributed by atoms with Crippen LogP contribution in [0, 0.1) is 11.6 Å². The molecular formula is C16H12ClF2N3O2. The van der Waals surface area contributed by atoms with Crippen molar-refractivity contribution in [2.24, 2.45) is 0 Å². The Hall–Kier alpha value is -2.51. The van der Waals surface area contributed by atoms with E-state index in [-0.39, 0.29) is 28.9 Å². The Labute approximate surface area is 141 Å². The van der Waals surface area contributed by atoms with Gasteiger partial charge in [-0.1, -0.05) is 11.6 Å². The number of hydrogen-bond donors (Lipinski definition) is 1. The van der Waals surface area contributed by atoms with Crippen LogP contribution in [0.3, 0.4) is 0 Å². The minimum Gasteiger partial charge on any atom is -0.436 e. The van der Waals surface area contributed by atoms with Crippen LogP contribution in [0.1, 0.15) is 5.56 Å². The number of nitrogens with zero attached hydrogens (tertiary/aromatic N) is 3. The Balaban J connectivity index is 1.83. The normalized spacial score (nSPS) is 10.8. The number of benzene rings is 1. The van der Waals surface area contributed by atoms with Crippen molar-refractivity contribution in [1.29, 1.82) is 0 Å². The first-order chi connectivity index (χ1) is 11.6. The van der Waals surface area contributed by atoms with Crippen LogP contribution in [0.25, 0.3) is 5.69 Å². The predicted molar refractivity (Wildman–Crippen MR) is 83.6 cm³/mol. The van der Waals surface area contributed by atoms with Crippen molar-refractivity contribution >= 4 is 11.6 Å². The standard InChI is InChI=1S/C16H12ClF2N3O2/c17-11-5-14(19)16(20-8-11)24-12-1-2-15(13(18)6-12)22-9-10(3-4-23)7-21-22/h1-2,5-9,23H,3-4H2. The van der Waals surface area contributed by atoms with Crippen molar-refractivity contribution in [2.75, 3.05) is 6.61 Å². The molecule has 0 unspecified atom stereocenters. The first-order valence-electron chi connectivity index (χ1n) is 7.00. The van der Waals surface area contributed by atoms with Gasteiger partial charge in [-0.3, -0.25) is 0 Å². The molecule has 0 aliphatic rings. The fourth-order valence-corrected chi connectivity index (χ4v) is 2.22. The van der Waals surface area contributed by atoms with Gasteiger partial charge in [-0.2, -0.15) is 5.10 Å². The van der Waals surface area contributed by atoms with E-state index in [0.29, 0.717) is 6.42 Å². The Bertz CT molecular complexity index is 870. The van der Waals surface area contributed by atoms with Crippen LogP contribution in [0.2, 0.25) is 5.02 Å².